The molecule has 0 unspecified atom stereocenters. The maximum atomic E-state index is 4.39. The standard InChI is InChI=1S/C10H15N3/c1-6-8-9(13-7(2)12-6)11-5-10(8,3)4/h5H2,1-4H3,(H,11,12,13). The average molecular weight is 177 g/mol. The zero-order valence-electron chi connectivity index (χ0n) is 8.60. The maximum Gasteiger partial charge on any atom is 0.133 e. The monoisotopic (exact) mass is 177 g/mol. The van der Waals surface area contributed by atoms with Gasteiger partial charge in [0.05, 0.1) is 0 Å². The van der Waals surface area contributed by atoms with Crippen LogP contribution in [0.15, 0.2) is 0 Å². The molecule has 0 spiro atoms. The van der Waals surface area contributed by atoms with E-state index in [1.165, 1.54) is 5.56 Å². The second-order valence-corrected chi connectivity index (χ2v) is 4.32. The number of aromatic nitrogens is 2. The van der Waals surface area contributed by atoms with E-state index in [1.54, 1.807) is 0 Å². The summed E-state index contributed by atoms with van der Waals surface area (Å²) < 4.78 is 0. The van der Waals surface area contributed by atoms with Crippen molar-refractivity contribution < 1.29 is 0 Å². The second-order valence-electron chi connectivity index (χ2n) is 4.32. The highest BCUT2D eigenvalue weighted by Gasteiger charge is 2.33. The Kier molecular flexibility index (Phi) is 1.59. The number of nitrogens with zero attached hydrogens (tertiary/aromatic N) is 2. The first-order valence-electron chi connectivity index (χ1n) is 4.60. The van der Waals surface area contributed by atoms with Crippen molar-refractivity contribution in [3.05, 3.63) is 17.1 Å². The van der Waals surface area contributed by atoms with Gasteiger partial charge < -0.3 is 5.32 Å². The van der Waals surface area contributed by atoms with Gasteiger partial charge in [-0.25, -0.2) is 9.97 Å². The lowest BCUT2D eigenvalue weighted by atomic mass is 9.87. The van der Waals surface area contributed by atoms with Crippen LogP contribution >= 0.6 is 0 Å². The number of hydrogen-bond donors (Lipinski definition) is 1. The smallest absolute Gasteiger partial charge is 0.133 e. The molecule has 0 aromatic carbocycles. The van der Waals surface area contributed by atoms with E-state index < -0.39 is 0 Å². The van der Waals surface area contributed by atoms with Gasteiger partial charge in [-0.1, -0.05) is 13.8 Å². The van der Waals surface area contributed by atoms with E-state index in [0.29, 0.717) is 0 Å². The lowest BCUT2D eigenvalue weighted by Crippen LogP contribution is -2.20. The van der Waals surface area contributed by atoms with Gasteiger partial charge in [0.15, 0.2) is 0 Å². The van der Waals surface area contributed by atoms with E-state index in [4.69, 9.17) is 0 Å². The van der Waals surface area contributed by atoms with Crippen LogP contribution in [0.2, 0.25) is 0 Å². The quantitative estimate of drug-likeness (QED) is 0.656. The first-order valence-corrected chi connectivity index (χ1v) is 4.60. The number of rotatable bonds is 0. The SMILES string of the molecule is Cc1nc(C)c2c(n1)NCC2(C)C. The van der Waals surface area contributed by atoms with Crippen molar-refractivity contribution in [2.24, 2.45) is 0 Å². The molecule has 0 fully saturated rings. The predicted molar refractivity (Wildman–Crippen MR) is 53.0 cm³/mol. The van der Waals surface area contributed by atoms with Gasteiger partial charge >= 0.3 is 0 Å². The fourth-order valence-electron chi connectivity index (χ4n) is 2.04. The molecule has 1 aliphatic heterocycles. The average Bonchev–Trinajstić information content (AvgIpc) is 2.26. The van der Waals surface area contributed by atoms with Crippen molar-refractivity contribution in [2.45, 2.75) is 33.1 Å². The molecule has 13 heavy (non-hydrogen) atoms. The van der Waals surface area contributed by atoms with Gasteiger partial charge in [0.1, 0.15) is 11.6 Å². The summed E-state index contributed by atoms with van der Waals surface area (Å²) >= 11 is 0. The predicted octanol–water partition coefficient (Wildman–Crippen LogP) is 1.80. The Morgan fingerprint density at radius 2 is 1.92 bits per heavy atom. The van der Waals surface area contributed by atoms with E-state index >= 15 is 0 Å². The summed E-state index contributed by atoms with van der Waals surface area (Å²) in [5.74, 6) is 1.87. The summed E-state index contributed by atoms with van der Waals surface area (Å²) in [7, 11) is 0. The summed E-state index contributed by atoms with van der Waals surface area (Å²) in [5, 5.41) is 3.32. The van der Waals surface area contributed by atoms with Crippen molar-refractivity contribution in [2.75, 3.05) is 11.9 Å². The normalized spacial score (nSPS) is 18.2. The Bertz CT molecular complexity index is 355. The van der Waals surface area contributed by atoms with Crippen LogP contribution < -0.4 is 5.32 Å². The summed E-state index contributed by atoms with van der Waals surface area (Å²) in [6, 6.07) is 0. The molecule has 70 valence electrons. The van der Waals surface area contributed by atoms with E-state index in [-0.39, 0.29) is 5.41 Å². The highest BCUT2D eigenvalue weighted by molar-refractivity contribution is 5.56. The van der Waals surface area contributed by atoms with E-state index in [9.17, 15) is 0 Å². The van der Waals surface area contributed by atoms with Gasteiger partial charge in [0.2, 0.25) is 0 Å². The number of aryl methyl sites for hydroxylation is 2. The van der Waals surface area contributed by atoms with Crippen LogP contribution in [0.3, 0.4) is 0 Å². The van der Waals surface area contributed by atoms with Crippen molar-refractivity contribution in [1.29, 1.82) is 0 Å². The molecular formula is C10H15N3. The van der Waals surface area contributed by atoms with Crippen LogP contribution in [0, 0.1) is 13.8 Å². The van der Waals surface area contributed by atoms with Crippen LogP contribution in [-0.4, -0.2) is 16.5 Å². The number of anilines is 1. The minimum atomic E-state index is 0.174. The van der Waals surface area contributed by atoms with Crippen LogP contribution in [-0.2, 0) is 5.41 Å². The molecule has 3 heteroatoms. The number of hydrogen-bond acceptors (Lipinski definition) is 3. The van der Waals surface area contributed by atoms with Crippen molar-refractivity contribution in [3.8, 4) is 0 Å². The molecule has 0 radical (unpaired) electrons. The number of fused-ring (bicyclic) bond motifs is 1. The molecule has 2 heterocycles. The lowest BCUT2D eigenvalue weighted by Gasteiger charge is -2.18. The fraction of sp³-hybridized carbons (Fsp3) is 0.600. The Balaban J connectivity index is 2.65. The van der Waals surface area contributed by atoms with E-state index in [1.807, 2.05) is 6.92 Å². The second kappa shape index (κ2) is 2.44. The molecule has 3 nitrogen and oxygen atoms in total. The highest BCUT2D eigenvalue weighted by atomic mass is 15.1. The molecule has 0 atom stereocenters. The third kappa shape index (κ3) is 1.19. The molecule has 2 rings (SSSR count). The Hall–Kier alpha value is -1.12. The molecule has 1 N–H and O–H groups in total. The minimum absolute atomic E-state index is 0.174. The Morgan fingerprint density at radius 1 is 1.23 bits per heavy atom. The van der Waals surface area contributed by atoms with Gasteiger partial charge in [-0.2, -0.15) is 0 Å². The zero-order chi connectivity index (χ0) is 9.64. The highest BCUT2D eigenvalue weighted by Crippen LogP contribution is 2.36. The first kappa shape index (κ1) is 8.48. The third-order valence-electron chi connectivity index (χ3n) is 2.58. The van der Waals surface area contributed by atoms with Gasteiger partial charge in [-0.05, 0) is 13.8 Å². The molecule has 1 aromatic rings. The van der Waals surface area contributed by atoms with Crippen LogP contribution in [0.25, 0.3) is 0 Å². The van der Waals surface area contributed by atoms with Crippen LogP contribution in [0.4, 0.5) is 5.82 Å². The topological polar surface area (TPSA) is 37.8 Å². The van der Waals surface area contributed by atoms with Crippen LogP contribution in [0.5, 0.6) is 0 Å². The molecule has 0 saturated heterocycles. The minimum Gasteiger partial charge on any atom is -0.369 e. The van der Waals surface area contributed by atoms with E-state index in [2.05, 4.69) is 36.1 Å². The molecule has 0 saturated carbocycles. The molecular weight excluding hydrogens is 162 g/mol. The lowest BCUT2D eigenvalue weighted by molar-refractivity contribution is 0.579. The molecule has 1 aliphatic rings. The molecule has 0 bridgehead atoms. The van der Waals surface area contributed by atoms with Gasteiger partial charge in [0, 0.05) is 23.2 Å². The van der Waals surface area contributed by atoms with Crippen molar-refractivity contribution >= 4 is 5.82 Å². The molecule has 0 aliphatic carbocycles. The summed E-state index contributed by atoms with van der Waals surface area (Å²) in [6.45, 7) is 9.39. The third-order valence-corrected chi connectivity index (χ3v) is 2.58. The van der Waals surface area contributed by atoms with Gasteiger partial charge in [-0.3, -0.25) is 0 Å². The summed E-state index contributed by atoms with van der Waals surface area (Å²) in [5.41, 5.74) is 2.56. The Labute approximate surface area is 78.6 Å². The number of nitrogens with one attached hydrogen (secondary N) is 1. The van der Waals surface area contributed by atoms with Gasteiger partial charge in [0.25, 0.3) is 0 Å². The van der Waals surface area contributed by atoms with Crippen molar-refractivity contribution in [3.63, 3.8) is 0 Å². The molecule has 0 amide bonds. The first-order chi connectivity index (χ1) is 6.00. The van der Waals surface area contributed by atoms with Crippen molar-refractivity contribution in [1.82, 2.24) is 9.97 Å². The van der Waals surface area contributed by atoms with E-state index in [0.717, 1.165) is 23.9 Å². The summed E-state index contributed by atoms with van der Waals surface area (Å²) in [4.78, 5) is 8.78. The fourth-order valence-corrected chi connectivity index (χ4v) is 2.04. The summed E-state index contributed by atoms with van der Waals surface area (Å²) in [6.07, 6.45) is 0. The maximum absolute atomic E-state index is 4.39. The van der Waals surface area contributed by atoms with Gasteiger partial charge in [-0.15, -0.1) is 0 Å². The van der Waals surface area contributed by atoms with Crippen LogP contribution in [0.1, 0.15) is 30.9 Å². The Morgan fingerprint density at radius 3 is 2.62 bits per heavy atom. The molecule has 1 aromatic heterocycles. The zero-order valence-corrected chi connectivity index (χ0v) is 8.60. The largest absolute Gasteiger partial charge is 0.369 e.